The second-order valence-electron chi connectivity index (χ2n) is 3.84. The zero-order chi connectivity index (χ0) is 10.8. The lowest BCUT2D eigenvalue weighted by Crippen LogP contribution is -2.32. The van der Waals surface area contributed by atoms with Gasteiger partial charge in [0.05, 0.1) is 12.7 Å². The molecule has 1 aromatic carbocycles. The summed E-state index contributed by atoms with van der Waals surface area (Å²) in [6.45, 7) is 2.50. The Hall–Kier alpha value is -1.97. The van der Waals surface area contributed by atoms with Gasteiger partial charge in [-0.15, -0.1) is 0 Å². The lowest BCUT2D eigenvalue weighted by Gasteiger charge is -2.28. The van der Waals surface area contributed by atoms with Crippen molar-refractivity contribution in [3.8, 4) is 5.75 Å². The van der Waals surface area contributed by atoms with Crippen LogP contribution < -0.4 is 9.64 Å². The number of fused-ring (bicyclic) bond motifs is 1. The van der Waals surface area contributed by atoms with Crippen molar-refractivity contribution in [2.75, 3.05) is 18.1 Å². The summed E-state index contributed by atoms with van der Waals surface area (Å²) < 4.78 is 5.50. The molecular formula is C12H13N3O. The van der Waals surface area contributed by atoms with Crippen LogP contribution in [-0.4, -0.2) is 23.3 Å². The normalized spacial score (nSPS) is 14.4. The van der Waals surface area contributed by atoms with Crippen molar-refractivity contribution in [1.29, 1.82) is 0 Å². The number of H-pyrrole nitrogens is 1. The van der Waals surface area contributed by atoms with Gasteiger partial charge in [-0.25, -0.2) is 0 Å². The number of hydrogen-bond acceptors (Lipinski definition) is 3. The van der Waals surface area contributed by atoms with Gasteiger partial charge in [-0.3, -0.25) is 5.10 Å². The van der Waals surface area contributed by atoms with Gasteiger partial charge < -0.3 is 9.64 Å². The molecular weight excluding hydrogens is 202 g/mol. The van der Waals surface area contributed by atoms with E-state index in [-0.39, 0.29) is 0 Å². The van der Waals surface area contributed by atoms with Crippen molar-refractivity contribution >= 4 is 5.82 Å². The fraction of sp³-hybridized carbons (Fsp3) is 0.250. The Balaban J connectivity index is 1.83. The quantitative estimate of drug-likeness (QED) is 0.830. The zero-order valence-corrected chi connectivity index (χ0v) is 8.89. The highest BCUT2D eigenvalue weighted by atomic mass is 16.5. The summed E-state index contributed by atoms with van der Waals surface area (Å²) >= 11 is 0. The third-order valence-electron chi connectivity index (χ3n) is 2.74. The van der Waals surface area contributed by atoms with Crippen LogP contribution in [0.2, 0.25) is 0 Å². The Morgan fingerprint density at radius 1 is 1.31 bits per heavy atom. The minimum atomic E-state index is 0.722. The predicted molar refractivity (Wildman–Crippen MR) is 61.6 cm³/mol. The molecule has 0 unspecified atom stereocenters. The van der Waals surface area contributed by atoms with Crippen LogP contribution in [0.25, 0.3) is 0 Å². The molecule has 0 bridgehead atoms. The molecule has 82 valence electrons. The summed E-state index contributed by atoms with van der Waals surface area (Å²) in [6, 6.07) is 10.4. The van der Waals surface area contributed by atoms with Crippen molar-refractivity contribution < 1.29 is 4.74 Å². The Bertz CT molecular complexity index is 466. The number of aromatic amines is 1. The molecule has 2 heterocycles. The summed E-state index contributed by atoms with van der Waals surface area (Å²) in [6.07, 6.45) is 1.73. The topological polar surface area (TPSA) is 41.1 Å². The Morgan fingerprint density at radius 2 is 2.19 bits per heavy atom. The fourth-order valence-electron chi connectivity index (χ4n) is 1.94. The van der Waals surface area contributed by atoms with E-state index in [2.05, 4.69) is 39.4 Å². The largest absolute Gasteiger partial charge is 0.486 e. The average molecular weight is 215 g/mol. The van der Waals surface area contributed by atoms with E-state index in [1.54, 1.807) is 6.20 Å². The van der Waals surface area contributed by atoms with E-state index in [1.807, 2.05) is 6.07 Å². The molecule has 0 fully saturated rings. The summed E-state index contributed by atoms with van der Waals surface area (Å²) in [5, 5.41) is 6.98. The van der Waals surface area contributed by atoms with Gasteiger partial charge in [0.15, 0.2) is 11.6 Å². The van der Waals surface area contributed by atoms with Crippen molar-refractivity contribution in [1.82, 2.24) is 10.2 Å². The van der Waals surface area contributed by atoms with Crippen molar-refractivity contribution in [3.05, 3.63) is 42.1 Å². The van der Waals surface area contributed by atoms with Crippen LogP contribution in [0.3, 0.4) is 0 Å². The standard InChI is InChI=1S/C12H13N3O/c1-2-4-10(5-3-1)9-15-6-7-16-11-8-13-14-12(11)15/h1-5,8H,6-7,9H2,(H,13,14). The number of benzene rings is 1. The highest BCUT2D eigenvalue weighted by molar-refractivity contribution is 5.52. The van der Waals surface area contributed by atoms with Crippen LogP contribution in [0.1, 0.15) is 5.56 Å². The maximum atomic E-state index is 5.50. The van der Waals surface area contributed by atoms with Crippen molar-refractivity contribution in [2.45, 2.75) is 6.54 Å². The summed E-state index contributed by atoms with van der Waals surface area (Å²) in [5.41, 5.74) is 1.30. The van der Waals surface area contributed by atoms with Crippen LogP contribution in [0.15, 0.2) is 36.5 Å². The van der Waals surface area contributed by atoms with Crippen LogP contribution in [0.5, 0.6) is 5.75 Å². The monoisotopic (exact) mass is 215 g/mol. The highest BCUT2D eigenvalue weighted by Crippen LogP contribution is 2.29. The van der Waals surface area contributed by atoms with Crippen LogP contribution in [-0.2, 0) is 6.54 Å². The molecule has 0 spiro atoms. The van der Waals surface area contributed by atoms with Crippen LogP contribution in [0, 0.1) is 0 Å². The molecule has 0 amide bonds. The van der Waals surface area contributed by atoms with Gasteiger partial charge >= 0.3 is 0 Å². The van der Waals surface area contributed by atoms with Gasteiger partial charge in [0.1, 0.15) is 6.61 Å². The Morgan fingerprint density at radius 3 is 3.06 bits per heavy atom. The predicted octanol–water partition coefficient (Wildman–Crippen LogP) is 1.81. The third kappa shape index (κ3) is 1.62. The first-order valence-electron chi connectivity index (χ1n) is 5.38. The third-order valence-corrected chi connectivity index (χ3v) is 2.74. The maximum absolute atomic E-state index is 5.50. The first-order valence-corrected chi connectivity index (χ1v) is 5.38. The van der Waals surface area contributed by atoms with Crippen molar-refractivity contribution in [3.63, 3.8) is 0 Å². The summed E-state index contributed by atoms with van der Waals surface area (Å²) in [5.74, 6) is 1.83. The summed E-state index contributed by atoms with van der Waals surface area (Å²) in [4.78, 5) is 2.25. The smallest absolute Gasteiger partial charge is 0.181 e. The molecule has 0 saturated heterocycles. The summed E-state index contributed by atoms with van der Waals surface area (Å²) in [7, 11) is 0. The average Bonchev–Trinajstić information content (AvgIpc) is 2.80. The van der Waals surface area contributed by atoms with E-state index in [9.17, 15) is 0 Å². The number of hydrogen-bond donors (Lipinski definition) is 1. The molecule has 2 aromatic rings. The van der Waals surface area contributed by atoms with Gasteiger partial charge in [-0.2, -0.15) is 5.10 Å². The minimum absolute atomic E-state index is 0.722. The first kappa shape index (κ1) is 9.27. The lowest BCUT2D eigenvalue weighted by atomic mass is 10.2. The molecule has 16 heavy (non-hydrogen) atoms. The molecule has 1 aromatic heterocycles. The van der Waals surface area contributed by atoms with E-state index in [0.717, 1.165) is 31.3 Å². The van der Waals surface area contributed by atoms with Gasteiger partial charge in [0.2, 0.25) is 0 Å². The van der Waals surface area contributed by atoms with E-state index < -0.39 is 0 Å². The fourth-order valence-corrected chi connectivity index (χ4v) is 1.94. The first-order chi connectivity index (χ1) is 7.93. The van der Waals surface area contributed by atoms with Crippen molar-refractivity contribution in [2.24, 2.45) is 0 Å². The molecule has 4 nitrogen and oxygen atoms in total. The Kier molecular flexibility index (Phi) is 2.25. The maximum Gasteiger partial charge on any atom is 0.181 e. The van der Waals surface area contributed by atoms with Crippen LogP contribution >= 0.6 is 0 Å². The highest BCUT2D eigenvalue weighted by Gasteiger charge is 2.19. The number of ether oxygens (including phenoxy) is 1. The molecule has 1 N–H and O–H groups in total. The second kappa shape index (κ2) is 3.89. The van der Waals surface area contributed by atoms with Crippen LogP contribution in [0.4, 0.5) is 5.82 Å². The number of nitrogens with one attached hydrogen (secondary N) is 1. The molecule has 0 atom stereocenters. The number of aromatic nitrogens is 2. The van der Waals surface area contributed by atoms with E-state index in [4.69, 9.17) is 4.74 Å². The van der Waals surface area contributed by atoms with Gasteiger partial charge in [-0.05, 0) is 5.56 Å². The molecule has 0 radical (unpaired) electrons. The molecule has 0 saturated carbocycles. The Labute approximate surface area is 93.8 Å². The van der Waals surface area contributed by atoms with Gasteiger partial charge in [0.25, 0.3) is 0 Å². The van der Waals surface area contributed by atoms with Gasteiger partial charge in [0, 0.05) is 6.54 Å². The second-order valence-corrected chi connectivity index (χ2v) is 3.84. The van der Waals surface area contributed by atoms with E-state index in [0.29, 0.717) is 0 Å². The van der Waals surface area contributed by atoms with E-state index in [1.165, 1.54) is 5.56 Å². The number of anilines is 1. The number of nitrogens with zero attached hydrogens (tertiary/aromatic N) is 2. The van der Waals surface area contributed by atoms with Gasteiger partial charge in [-0.1, -0.05) is 30.3 Å². The molecule has 3 rings (SSSR count). The molecule has 1 aliphatic rings. The van der Waals surface area contributed by atoms with E-state index >= 15 is 0 Å². The lowest BCUT2D eigenvalue weighted by molar-refractivity contribution is 0.307. The SMILES string of the molecule is c1ccc(CN2CCOc3cn[nH]c32)cc1. The molecule has 4 heteroatoms. The minimum Gasteiger partial charge on any atom is -0.486 e. The molecule has 0 aliphatic carbocycles. The zero-order valence-electron chi connectivity index (χ0n) is 8.89. The molecule has 1 aliphatic heterocycles. The number of rotatable bonds is 2.